The van der Waals surface area contributed by atoms with E-state index in [0.29, 0.717) is 30.5 Å². The van der Waals surface area contributed by atoms with Crippen LogP contribution in [0.1, 0.15) is 107 Å². The van der Waals surface area contributed by atoms with Crippen LogP contribution < -0.4 is 0 Å². The lowest BCUT2D eigenvalue weighted by Crippen LogP contribution is -2.49. The van der Waals surface area contributed by atoms with E-state index in [0.717, 1.165) is 83.1 Å². The van der Waals surface area contributed by atoms with E-state index in [1.165, 1.54) is 30.4 Å². The van der Waals surface area contributed by atoms with Crippen molar-refractivity contribution in [2.75, 3.05) is 26.2 Å². The lowest BCUT2D eigenvalue weighted by Gasteiger charge is -2.39. The van der Waals surface area contributed by atoms with E-state index in [1.54, 1.807) is 6.92 Å². The molecule has 2 aliphatic carbocycles. The van der Waals surface area contributed by atoms with Gasteiger partial charge in [-0.1, -0.05) is 92.8 Å². The Morgan fingerprint density at radius 1 is 0.864 bits per heavy atom. The predicted molar refractivity (Wildman–Crippen MR) is 178 cm³/mol. The smallest absolute Gasteiger partial charge is 0.410 e. The Bertz CT molecular complexity index is 1170. The van der Waals surface area contributed by atoms with Gasteiger partial charge < -0.3 is 19.4 Å². The lowest BCUT2D eigenvalue weighted by atomic mass is 9.88. The molecule has 1 saturated heterocycles. The van der Waals surface area contributed by atoms with E-state index in [9.17, 15) is 9.59 Å². The van der Waals surface area contributed by atoms with Crippen LogP contribution in [-0.2, 0) is 16.1 Å². The Hall–Kier alpha value is -2.86. The minimum absolute atomic E-state index is 0.174. The molecule has 0 bridgehead atoms. The van der Waals surface area contributed by atoms with Crippen LogP contribution in [0.5, 0.6) is 0 Å². The van der Waals surface area contributed by atoms with Crippen LogP contribution in [0.2, 0.25) is 0 Å². The summed E-state index contributed by atoms with van der Waals surface area (Å²) in [6, 6.07) is 20.2. The van der Waals surface area contributed by atoms with E-state index < -0.39 is 0 Å². The molecule has 2 aromatic rings. The molecule has 6 heteroatoms. The van der Waals surface area contributed by atoms with Crippen molar-refractivity contribution in [2.24, 2.45) is 5.92 Å². The summed E-state index contributed by atoms with van der Waals surface area (Å²) in [5.74, 6) is 1.26. The van der Waals surface area contributed by atoms with E-state index >= 15 is 0 Å². The lowest BCUT2D eigenvalue weighted by molar-refractivity contribution is -0.134. The Balaban J connectivity index is 1.21. The van der Waals surface area contributed by atoms with Crippen molar-refractivity contribution in [3.63, 3.8) is 0 Å². The number of hydrogen-bond donors (Lipinski definition) is 0. The fourth-order valence-corrected chi connectivity index (χ4v) is 8.21. The van der Waals surface area contributed by atoms with E-state index in [4.69, 9.17) is 4.74 Å². The Labute approximate surface area is 266 Å². The molecule has 2 amide bonds. The number of aryl methyl sites for hydroxylation is 1. The van der Waals surface area contributed by atoms with Gasteiger partial charge in [-0.25, -0.2) is 4.79 Å². The molecule has 0 N–H and O–H groups in total. The monoisotopic (exact) mass is 601 g/mol. The number of nitrogens with zero attached hydrogens (tertiary/aromatic N) is 3. The first kappa shape index (κ1) is 32.5. The first-order valence-electron chi connectivity index (χ1n) is 17.5. The topological polar surface area (TPSA) is 53.1 Å². The summed E-state index contributed by atoms with van der Waals surface area (Å²) in [7, 11) is 0. The fourth-order valence-electron chi connectivity index (χ4n) is 8.21. The average Bonchev–Trinajstić information content (AvgIpc) is 3.45. The Morgan fingerprint density at radius 2 is 1.57 bits per heavy atom. The second-order valence-electron chi connectivity index (χ2n) is 13.7. The van der Waals surface area contributed by atoms with Gasteiger partial charge in [0.1, 0.15) is 6.61 Å². The maximum Gasteiger partial charge on any atom is 0.410 e. The first-order chi connectivity index (χ1) is 21.4. The molecule has 0 spiro atoms. The number of carbonyl (C=O) groups is 2. The van der Waals surface area contributed by atoms with Gasteiger partial charge in [0.15, 0.2) is 0 Å². The SMILES string of the molecule is CCCCN(C(=O)OCc1ccc(C)cc1)C1CCN(C[C@H]2CC(N(C(C)=O)C3CCCCC3)C[C@@H]2c2ccccc2)CC1. The van der Waals surface area contributed by atoms with Crippen LogP contribution in [0, 0.1) is 12.8 Å². The van der Waals surface area contributed by atoms with Gasteiger partial charge in [0, 0.05) is 51.2 Å². The highest BCUT2D eigenvalue weighted by Crippen LogP contribution is 2.44. The zero-order valence-corrected chi connectivity index (χ0v) is 27.5. The highest BCUT2D eigenvalue weighted by molar-refractivity contribution is 5.74. The molecule has 6 nitrogen and oxygen atoms in total. The van der Waals surface area contributed by atoms with Crippen LogP contribution in [0.15, 0.2) is 54.6 Å². The van der Waals surface area contributed by atoms with E-state index in [-0.39, 0.29) is 18.0 Å². The molecule has 3 fully saturated rings. The van der Waals surface area contributed by atoms with Gasteiger partial charge in [-0.3, -0.25) is 4.79 Å². The number of amides is 2. The Morgan fingerprint density at radius 3 is 2.23 bits per heavy atom. The van der Waals surface area contributed by atoms with Gasteiger partial charge in [0.05, 0.1) is 0 Å². The number of carbonyl (C=O) groups excluding carboxylic acids is 2. The maximum absolute atomic E-state index is 13.3. The zero-order chi connectivity index (χ0) is 30.9. The van der Waals surface area contributed by atoms with Crippen molar-refractivity contribution in [3.05, 3.63) is 71.3 Å². The van der Waals surface area contributed by atoms with Crippen LogP contribution in [0.4, 0.5) is 4.79 Å². The summed E-state index contributed by atoms with van der Waals surface area (Å²) in [4.78, 5) is 33.3. The molecule has 3 atom stereocenters. The quantitative estimate of drug-likeness (QED) is 0.262. The molecule has 2 aromatic carbocycles. The maximum atomic E-state index is 13.3. The van der Waals surface area contributed by atoms with E-state index in [2.05, 4.69) is 66.1 Å². The van der Waals surface area contributed by atoms with Crippen LogP contribution in [0.25, 0.3) is 0 Å². The molecule has 44 heavy (non-hydrogen) atoms. The number of ether oxygens (including phenoxy) is 1. The van der Waals surface area contributed by atoms with Crippen molar-refractivity contribution in [1.29, 1.82) is 0 Å². The molecular formula is C38H55N3O3. The highest BCUT2D eigenvalue weighted by Gasteiger charge is 2.42. The normalized spacial score (nSPS) is 23.4. The second-order valence-corrected chi connectivity index (χ2v) is 13.7. The van der Waals surface area contributed by atoms with Gasteiger partial charge in [-0.15, -0.1) is 0 Å². The van der Waals surface area contributed by atoms with Crippen LogP contribution in [0.3, 0.4) is 0 Å². The number of benzene rings is 2. The predicted octanol–water partition coefficient (Wildman–Crippen LogP) is 7.94. The standard InChI is InChI=1S/C38H55N3O3/c1-4-5-22-40(38(43)44-28-31-18-16-29(2)17-19-31)34-20-23-39(24-21-34)27-33-25-36(26-37(33)32-12-8-6-9-13-32)41(30(3)42)35-14-10-7-11-15-35/h6,8-9,12-13,16-19,33-37H,4-5,7,10-11,14-15,20-28H2,1-3H3/t33-,36?,37-/m1/s1. The molecule has 1 unspecified atom stereocenters. The third kappa shape index (κ3) is 8.44. The number of likely N-dealkylation sites (tertiary alicyclic amines) is 1. The first-order valence-corrected chi connectivity index (χ1v) is 17.5. The van der Waals surface area contributed by atoms with Crippen molar-refractivity contribution < 1.29 is 14.3 Å². The molecule has 1 aliphatic heterocycles. The van der Waals surface area contributed by atoms with Crippen molar-refractivity contribution in [2.45, 2.75) is 122 Å². The summed E-state index contributed by atoms with van der Waals surface area (Å²) in [6.45, 7) is 10.2. The van der Waals surface area contributed by atoms with Crippen LogP contribution in [-0.4, -0.2) is 71.0 Å². The summed E-state index contributed by atoms with van der Waals surface area (Å²) in [5, 5.41) is 0. The molecule has 0 aromatic heterocycles. The summed E-state index contributed by atoms with van der Waals surface area (Å²) in [6.07, 6.45) is 12.1. The van der Waals surface area contributed by atoms with Crippen molar-refractivity contribution >= 4 is 12.0 Å². The number of rotatable bonds is 11. The molecule has 2 saturated carbocycles. The van der Waals surface area contributed by atoms with Gasteiger partial charge in [0.2, 0.25) is 5.91 Å². The summed E-state index contributed by atoms with van der Waals surface area (Å²) >= 11 is 0. The average molecular weight is 602 g/mol. The molecule has 0 radical (unpaired) electrons. The third-order valence-corrected chi connectivity index (χ3v) is 10.6. The minimum Gasteiger partial charge on any atom is -0.445 e. The molecule has 3 aliphatic rings. The van der Waals surface area contributed by atoms with Crippen LogP contribution >= 0.6 is 0 Å². The molecule has 1 heterocycles. The molecule has 5 rings (SSSR count). The largest absolute Gasteiger partial charge is 0.445 e. The van der Waals surface area contributed by atoms with Gasteiger partial charge in [-0.2, -0.15) is 0 Å². The number of unbranched alkanes of at least 4 members (excludes halogenated alkanes) is 1. The minimum atomic E-state index is -0.174. The van der Waals surface area contributed by atoms with Crippen molar-refractivity contribution in [1.82, 2.24) is 14.7 Å². The van der Waals surface area contributed by atoms with Gasteiger partial charge in [0.25, 0.3) is 0 Å². The Kier molecular flexibility index (Phi) is 11.8. The molecule has 240 valence electrons. The van der Waals surface area contributed by atoms with E-state index in [1.807, 2.05) is 17.0 Å². The van der Waals surface area contributed by atoms with Gasteiger partial charge >= 0.3 is 6.09 Å². The zero-order valence-electron chi connectivity index (χ0n) is 27.5. The number of hydrogen-bond acceptors (Lipinski definition) is 4. The van der Waals surface area contributed by atoms with Crippen molar-refractivity contribution in [3.8, 4) is 0 Å². The highest BCUT2D eigenvalue weighted by atomic mass is 16.6. The summed E-state index contributed by atoms with van der Waals surface area (Å²) in [5.41, 5.74) is 3.66. The molecular weight excluding hydrogens is 546 g/mol. The summed E-state index contributed by atoms with van der Waals surface area (Å²) < 4.78 is 5.82. The second kappa shape index (κ2) is 15.9. The van der Waals surface area contributed by atoms with Gasteiger partial charge in [-0.05, 0) is 74.8 Å². The third-order valence-electron chi connectivity index (χ3n) is 10.6. The fraction of sp³-hybridized carbons (Fsp3) is 0.632. The number of piperidine rings is 1.